The number of nitrogens with zero attached hydrogens (tertiary/aromatic N) is 2. The largest absolute Gasteiger partial charge is 0.450 e. The van der Waals surface area contributed by atoms with Crippen molar-refractivity contribution in [2.75, 3.05) is 25.0 Å². The number of hydrogen-bond acceptors (Lipinski definition) is 6. The number of hydrogen-bond donors (Lipinski definition) is 3. The molecule has 0 saturated heterocycles. The van der Waals surface area contributed by atoms with Crippen molar-refractivity contribution in [2.45, 2.75) is 6.92 Å². The zero-order chi connectivity index (χ0) is 16.5. The van der Waals surface area contributed by atoms with Gasteiger partial charge in [-0.3, -0.25) is 0 Å². The molecule has 0 spiro atoms. The first-order chi connectivity index (χ1) is 11.2. The van der Waals surface area contributed by atoms with Gasteiger partial charge >= 0.3 is 12.1 Å². The van der Waals surface area contributed by atoms with E-state index in [1.54, 1.807) is 19.1 Å². The lowest BCUT2D eigenvalue weighted by Gasteiger charge is -2.09. The number of aromatic nitrogens is 2. The van der Waals surface area contributed by atoms with Crippen LogP contribution in [-0.2, 0) is 4.74 Å². The summed E-state index contributed by atoms with van der Waals surface area (Å²) in [6.07, 6.45) is -0.498. The zero-order valence-electron chi connectivity index (χ0n) is 12.5. The fraction of sp³-hybridized carbons (Fsp3) is 0.286. The van der Waals surface area contributed by atoms with Crippen LogP contribution in [0.25, 0.3) is 11.3 Å². The van der Waals surface area contributed by atoms with Gasteiger partial charge in [0.25, 0.3) is 0 Å². The molecular weight excluding hydrogens is 318 g/mol. The second-order valence-electron chi connectivity index (χ2n) is 4.40. The predicted octanol–water partition coefficient (Wildman–Crippen LogP) is 2.07. The molecule has 9 heteroatoms. The fourth-order valence-corrected chi connectivity index (χ4v) is 2.18. The van der Waals surface area contributed by atoms with E-state index in [0.717, 1.165) is 11.3 Å². The summed E-state index contributed by atoms with van der Waals surface area (Å²) in [5.74, 6) is 0. The van der Waals surface area contributed by atoms with Crippen LogP contribution in [0, 0.1) is 0 Å². The minimum absolute atomic E-state index is 0.294. The first kappa shape index (κ1) is 16.7. The maximum Gasteiger partial charge on any atom is 0.407 e. The van der Waals surface area contributed by atoms with Gasteiger partial charge in [0.15, 0.2) is 0 Å². The van der Waals surface area contributed by atoms with Crippen LogP contribution in [0.2, 0.25) is 0 Å². The number of anilines is 1. The van der Waals surface area contributed by atoms with Crippen LogP contribution in [0.3, 0.4) is 0 Å². The van der Waals surface area contributed by atoms with Crippen molar-refractivity contribution in [3.05, 3.63) is 29.6 Å². The number of alkyl carbamates (subject to hydrolysis) is 1. The molecule has 2 rings (SSSR count). The Bertz CT molecular complexity index is 630. The molecule has 1 heterocycles. The Labute approximate surface area is 137 Å². The summed E-state index contributed by atoms with van der Waals surface area (Å²) in [6, 6.07) is 6.93. The van der Waals surface area contributed by atoms with Gasteiger partial charge in [0.05, 0.1) is 6.61 Å². The van der Waals surface area contributed by atoms with Gasteiger partial charge in [-0.05, 0) is 30.6 Å². The molecule has 23 heavy (non-hydrogen) atoms. The lowest BCUT2D eigenvalue weighted by Crippen LogP contribution is -2.37. The van der Waals surface area contributed by atoms with Crippen LogP contribution >= 0.6 is 11.5 Å². The average molecular weight is 335 g/mol. The van der Waals surface area contributed by atoms with E-state index in [2.05, 4.69) is 25.5 Å². The molecule has 8 nitrogen and oxygen atoms in total. The third kappa shape index (κ3) is 5.55. The van der Waals surface area contributed by atoms with Crippen molar-refractivity contribution in [3.63, 3.8) is 0 Å². The van der Waals surface area contributed by atoms with Crippen LogP contribution in [0.5, 0.6) is 0 Å². The molecule has 0 fully saturated rings. The smallest absolute Gasteiger partial charge is 0.407 e. The number of urea groups is 1. The van der Waals surface area contributed by atoms with Crippen LogP contribution in [0.1, 0.15) is 6.92 Å². The second-order valence-corrected chi connectivity index (χ2v) is 5.01. The zero-order valence-corrected chi connectivity index (χ0v) is 13.4. The number of carbonyl (C=O) groups is 2. The topological polar surface area (TPSA) is 105 Å². The molecule has 0 radical (unpaired) electrons. The summed E-state index contributed by atoms with van der Waals surface area (Å²) in [5, 5.41) is 13.7. The van der Waals surface area contributed by atoms with E-state index in [-0.39, 0.29) is 6.03 Å². The number of amides is 3. The van der Waals surface area contributed by atoms with Crippen LogP contribution < -0.4 is 16.0 Å². The Morgan fingerprint density at radius 3 is 2.57 bits per heavy atom. The van der Waals surface area contributed by atoms with Gasteiger partial charge in [-0.2, -0.15) is 0 Å². The van der Waals surface area contributed by atoms with E-state index in [4.69, 9.17) is 4.74 Å². The lowest BCUT2D eigenvalue weighted by molar-refractivity contribution is 0.152. The summed E-state index contributed by atoms with van der Waals surface area (Å²) >= 11 is 1.29. The molecule has 3 amide bonds. The Kier molecular flexibility index (Phi) is 6.30. The third-order valence-electron chi connectivity index (χ3n) is 2.75. The standard InChI is InChI=1S/C14H17N5O3S/c1-2-22-14(21)16-8-7-15-13(20)17-11-5-3-10(4-6-11)12-9-23-19-18-12/h3-6,9H,2,7-8H2,1H3,(H,16,21)(H2,15,17,20). The summed E-state index contributed by atoms with van der Waals surface area (Å²) < 4.78 is 8.51. The van der Waals surface area contributed by atoms with E-state index in [9.17, 15) is 9.59 Å². The highest BCUT2D eigenvalue weighted by atomic mass is 32.1. The highest BCUT2D eigenvalue weighted by Crippen LogP contribution is 2.19. The molecule has 2 aromatic rings. The van der Waals surface area contributed by atoms with Gasteiger partial charge in [0.1, 0.15) is 5.69 Å². The summed E-state index contributed by atoms with van der Waals surface area (Å²) in [6.45, 7) is 2.63. The van der Waals surface area contributed by atoms with Crippen LogP contribution in [0.4, 0.5) is 15.3 Å². The number of benzene rings is 1. The van der Waals surface area contributed by atoms with Crippen LogP contribution in [-0.4, -0.2) is 41.4 Å². The van der Waals surface area contributed by atoms with E-state index < -0.39 is 6.09 Å². The lowest BCUT2D eigenvalue weighted by atomic mass is 10.1. The molecular formula is C14H17N5O3S. The molecule has 1 aromatic carbocycles. The highest BCUT2D eigenvalue weighted by molar-refractivity contribution is 7.03. The summed E-state index contributed by atoms with van der Waals surface area (Å²) in [5.41, 5.74) is 2.40. The fourth-order valence-electron chi connectivity index (χ4n) is 1.71. The maximum absolute atomic E-state index is 11.7. The molecule has 1 aromatic heterocycles. The van der Waals surface area contributed by atoms with Crippen molar-refractivity contribution in [1.82, 2.24) is 20.2 Å². The molecule has 0 aliphatic heterocycles. The first-order valence-electron chi connectivity index (χ1n) is 7.02. The minimum atomic E-state index is -0.498. The number of carbonyl (C=O) groups excluding carboxylic acids is 2. The highest BCUT2D eigenvalue weighted by Gasteiger charge is 2.04. The summed E-state index contributed by atoms with van der Waals surface area (Å²) in [7, 11) is 0. The first-order valence-corrected chi connectivity index (χ1v) is 7.85. The Morgan fingerprint density at radius 2 is 1.91 bits per heavy atom. The number of ether oxygens (including phenoxy) is 1. The third-order valence-corrected chi connectivity index (χ3v) is 3.26. The number of rotatable bonds is 6. The van der Waals surface area contributed by atoms with Crippen molar-refractivity contribution in [1.29, 1.82) is 0 Å². The van der Waals surface area contributed by atoms with E-state index in [1.165, 1.54) is 11.5 Å². The van der Waals surface area contributed by atoms with E-state index >= 15 is 0 Å². The van der Waals surface area contributed by atoms with Gasteiger partial charge in [-0.25, -0.2) is 9.59 Å². The van der Waals surface area contributed by atoms with Crippen molar-refractivity contribution in [2.24, 2.45) is 0 Å². The molecule has 0 bridgehead atoms. The molecule has 0 aliphatic rings. The monoisotopic (exact) mass is 335 g/mol. The van der Waals surface area contributed by atoms with E-state index in [0.29, 0.717) is 25.4 Å². The Morgan fingerprint density at radius 1 is 1.17 bits per heavy atom. The normalized spacial score (nSPS) is 9.96. The average Bonchev–Trinajstić information content (AvgIpc) is 3.07. The van der Waals surface area contributed by atoms with Crippen molar-refractivity contribution < 1.29 is 14.3 Å². The molecule has 0 aliphatic carbocycles. The quantitative estimate of drug-likeness (QED) is 0.701. The molecule has 3 N–H and O–H groups in total. The van der Waals surface area contributed by atoms with Crippen molar-refractivity contribution >= 4 is 29.3 Å². The minimum Gasteiger partial charge on any atom is -0.450 e. The van der Waals surface area contributed by atoms with Crippen LogP contribution in [0.15, 0.2) is 29.6 Å². The molecule has 0 saturated carbocycles. The maximum atomic E-state index is 11.7. The Hall–Kier alpha value is -2.68. The SMILES string of the molecule is CCOC(=O)NCCNC(=O)Nc1ccc(-c2csnn2)cc1. The van der Waals surface area contributed by atoms with Gasteiger partial charge in [0.2, 0.25) is 0 Å². The Balaban J connectivity index is 1.72. The molecule has 0 unspecified atom stereocenters. The van der Waals surface area contributed by atoms with Gasteiger partial charge < -0.3 is 20.7 Å². The van der Waals surface area contributed by atoms with E-state index in [1.807, 2.05) is 17.5 Å². The number of nitrogens with one attached hydrogen (secondary N) is 3. The van der Waals surface area contributed by atoms with Crippen molar-refractivity contribution in [3.8, 4) is 11.3 Å². The molecule has 0 atom stereocenters. The second kappa shape index (κ2) is 8.69. The van der Waals surface area contributed by atoms with Gasteiger partial charge in [0, 0.05) is 29.7 Å². The summed E-state index contributed by atoms with van der Waals surface area (Å²) in [4.78, 5) is 22.7. The van der Waals surface area contributed by atoms with Gasteiger partial charge in [-0.15, -0.1) is 5.10 Å². The molecule has 122 valence electrons. The van der Waals surface area contributed by atoms with Gasteiger partial charge in [-0.1, -0.05) is 16.6 Å². The predicted molar refractivity (Wildman–Crippen MR) is 87.4 cm³/mol.